The van der Waals surface area contributed by atoms with Gasteiger partial charge in [0.05, 0.1) is 5.60 Å². The van der Waals surface area contributed by atoms with E-state index in [0.29, 0.717) is 0 Å². The van der Waals surface area contributed by atoms with Crippen LogP contribution in [0, 0.1) is 5.82 Å². The van der Waals surface area contributed by atoms with Gasteiger partial charge in [0.2, 0.25) is 0 Å². The molecule has 0 spiro atoms. The van der Waals surface area contributed by atoms with Crippen molar-refractivity contribution in [3.63, 3.8) is 0 Å². The molecule has 0 unspecified atom stereocenters. The largest absolute Gasteiger partial charge is 0.506 e. The quantitative estimate of drug-likeness (QED) is 0.823. The van der Waals surface area contributed by atoms with E-state index in [1.807, 2.05) is 0 Å². The minimum absolute atomic E-state index is 0.175. The van der Waals surface area contributed by atoms with Gasteiger partial charge in [-0.1, -0.05) is 0 Å². The Bertz CT molecular complexity index is 514. The summed E-state index contributed by atoms with van der Waals surface area (Å²) in [6.45, 7) is 2.66. The van der Waals surface area contributed by atoms with Gasteiger partial charge in [0.25, 0.3) is 0 Å². The van der Waals surface area contributed by atoms with Crippen LogP contribution in [0.15, 0.2) is 17.0 Å². The third-order valence-electron chi connectivity index (χ3n) is 2.11. The summed E-state index contributed by atoms with van der Waals surface area (Å²) >= 11 is 0. The first-order valence-corrected chi connectivity index (χ1v) is 6.38. The number of sulfone groups is 1. The normalized spacial score (nSPS) is 12.8. The van der Waals surface area contributed by atoms with E-state index in [1.165, 1.54) is 13.8 Å². The molecule has 16 heavy (non-hydrogen) atoms. The van der Waals surface area contributed by atoms with Gasteiger partial charge in [-0.2, -0.15) is 0 Å². The first-order valence-electron chi connectivity index (χ1n) is 4.49. The van der Waals surface area contributed by atoms with Gasteiger partial charge < -0.3 is 10.2 Å². The number of halogens is 1. The molecule has 0 heterocycles. The topological polar surface area (TPSA) is 74.6 Å². The van der Waals surface area contributed by atoms with Crippen LogP contribution in [0.25, 0.3) is 0 Å². The van der Waals surface area contributed by atoms with Crippen molar-refractivity contribution in [1.82, 2.24) is 0 Å². The van der Waals surface area contributed by atoms with Crippen LogP contribution in [-0.2, 0) is 15.4 Å². The molecule has 90 valence electrons. The van der Waals surface area contributed by atoms with Crippen LogP contribution in [-0.4, -0.2) is 24.9 Å². The molecule has 1 rings (SSSR count). The summed E-state index contributed by atoms with van der Waals surface area (Å²) in [7, 11) is -3.88. The van der Waals surface area contributed by atoms with Gasteiger partial charge in [0, 0.05) is 11.8 Å². The Hall–Kier alpha value is -1.14. The second-order valence-electron chi connectivity index (χ2n) is 4.11. The first kappa shape index (κ1) is 12.9. The molecule has 1 aromatic rings. The minimum Gasteiger partial charge on any atom is -0.506 e. The zero-order valence-corrected chi connectivity index (χ0v) is 9.97. The van der Waals surface area contributed by atoms with Crippen molar-refractivity contribution in [3.05, 3.63) is 23.5 Å². The fourth-order valence-electron chi connectivity index (χ4n) is 1.37. The summed E-state index contributed by atoms with van der Waals surface area (Å²) in [5, 5.41) is 19.0. The van der Waals surface area contributed by atoms with Crippen molar-refractivity contribution in [2.24, 2.45) is 0 Å². The number of hydrogen-bond donors (Lipinski definition) is 2. The maximum absolute atomic E-state index is 13.8. The Balaban J connectivity index is 3.65. The van der Waals surface area contributed by atoms with E-state index < -0.39 is 31.9 Å². The maximum atomic E-state index is 13.8. The van der Waals surface area contributed by atoms with Gasteiger partial charge in [-0.05, 0) is 26.0 Å². The van der Waals surface area contributed by atoms with Gasteiger partial charge in [-0.25, -0.2) is 12.8 Å². The minimum atomic E-state index is -3.88. The van der Waals surface area contributed by atoms with Crippen molar-refractivity contribution in [2.75, 3.05) is 6.26 Å². The molecule has 0 aliphatic rings. The predicted molar refractivity (Wildman–Crippen MR) is 56.4 cm³/mol. The van der Waals surface area contributed by atoms with Crippen LogP contribution in [0.1, 0.15) is 19.4 Å². The summed E-state index contributed by atoms with van der Waals surface area (Å²) in [6, 6.07) is 2.20. The lowest BCUT2D eigenvalue weighted by Gasteiger charge is -2.20. The van der Waals surface area contributed by atoms with Crippen molar-refractivity contribution in [3.8, 4) is 5.75 Å². The number of phenols is 1. The molecule has 4 nitrogen and oxygen atoms in total. The van der Waals surface area contributed by atoms with E-state index in [2.05, 4.69) is 0 Å². The summed E-state index contributed by atoms with van der Waals surface area (Å²) < 4.78 is 36.4. The highest BCUT2D eigenvalue weighted by Crippen LogP contribution is 2.32. The summed E-state index contributed by atoms with van der Waals surface area (Å²) in [6.07, 6.45) is 0.791. The van der Waals surface area contributed by atoms with E-state index in [0.717, 1.165) is 18.4 Å². The number of phenolic OH excluding ortho intramolecular Hbond substituents is 1. The zero-order valence-electron chi connectivity index (χ0n) is 9.15. The van der Waals surface area contributed by atoms with Crippen LogP contribution >= 0.6 is 0 Å². The van der Waals surface area contributed by atoms with Gasteiger partial charge in [-0.15, -0.1) is 0 Å². The van der Waals surface area contributed by atoms with Crippen LogP contribution in [0.2, 0.25) is 0 Å². The Morgan fingerprint density at radius 2 is 1.81 bits per heavy atom. The molecule has 0 saturated heterocycles. The molecule has 0 amide bonds. The Morgan fingerprint density at radius 3 is 2.19 bits per heavy atom. The molecular weight excluding hydrogens is 235 g/mol. The van der Waals surface area contributed by atoms with E-state index in [-0.39, 0.29) is 5.56 Å². The smallest absolute Gasteiger partial charge is 0.182 e. The third-order valence-corrected chi connectivity index (χ3v) is 3.24. The van der Waals surface area contributed by atoms with Crippen LogP contribution in [0.5, 0.6) is 5.75 Å². The first-order chi connectivity index (χ1) is 7.05. The van der Waals surface area contributed by atoms with E-state index in [4.69, 9.17) is 0 Å². The average Bonchev–Trinajstić information content (AvgIpc) is 1.97. The number of aliphatic hydroxyl groups is 1. The predicted octanol–water partition coefficient (Wildman–Crippen LogP) is 1.16. The van der Waals surface area contributed by atoms with E-state index in [1.54, 1.807) is 0 Å². The summed E-state index contributed by atoms with van der Waals surface area (Å²) in [5.74, 6) is -1.77. The highest BCUT2D eigenvalue weighted by molar-refractivity contribution is 7.90. The molecular formula is C10H13FO4S. The lowest BCUT2D eigenvalue weighted by atomic mass is 9.98. The highest BCUT2D eigenvalue weighted by atomic mass is 32.2. The fraction of sp³-hybridized carbons (Fsp3) is 0.400. The molecule has 0 fully saturated rings. The van der Waals surface area contributed by atoms with Gasteiger partial charge in [0.15, 0.2) is 15.7 Å². The number of hydrogen-bond acceptors (Lipinski definition) is 4. The van der Waals surface area contributed by atoms with Gasteiger partial charge in [-0.3, -0.25) is 0 Å². The summed E-state index contributed by atoms with van der Waals surface area (Å²) in [4.78, 5) is -0.785. The Morgan fingerprint density at radius 1 is 1.31 bits per heavy atom. The van der Waals surface area contributed by atoms with Crippen molar-refractivity contribution >= 4 is 9.84 Å². The van der Waals surface area contributed by atoms with E-state index in [9.17, 15) is 23.0 Å². The van der Waals surface area contributed by atoms with Crippen molar-refractivity contribution in [2.45, 2.75) is 24.3 Å². The van der Waals surface area contributed by atoms with Gasteiger partial charge >= 0.3 is 0 Å². The van der Waals surface area contributed by atoms with Crippen LogP contribution in [0.4, 0.5) is 4.39 Å². The standard InChI is InChI=1S/C10H13FO4S/c1-10(2,13)6-4-5-7(12)9(8(6)11)16(3,14)15/h4-5,12-13H,1-3H3. The van der Waals surface area contributed by atoms with Crippen molar-refractivity contribution in [1.29, 1.82) is 0 Å². The highest BCUT2D eigenvalue weighted by Gasteiger charge is 2.28. The van der Waals surface area contributed by atoms with Crippen LogP contribution < -0.4 is 0 Å². The SMILES string of the molecule is CC(C)(O)c1ccc(O)c(S(C)(=O)=O)c1F. The van der Waals surface area contributed by atoms with Crippen molar-refractivity contribution < 1.29 is 23.0 Å². The zero-order chi connectivity index (χ0) is 12.7. The number of rotatable bonds is 2. The molecule has 1 aromatic carbocycles. The number of aromatic hydroxyl groups is 1. The molecule has 0 aliphatic heterocycles. The molecule has 0 bridgehead atoms. The van der Waals surface area contributed by atoms with Gasteiger partial charge in [0.1, 0.15) is 10.6 Å². The Kier molecular flexibility index (Phi) is 3.00. The molecule has 0 saturated carbocycles. The second-order valence-corrected chi connectivity index (χ2v) is 6.06. The Labute approximate surface area is 93.3 Å². The maximum Gasteiger partial charge on any atom is 0.182 e. The number of benzene rings is 1. The molecule has 6 heteroatoms. The molecule has 0 aliphatic carbocycles. The third kappa shape index (κ3) is 2.33. The lowest BCUT2D eigenvalue weighted by Crippen LogP contribution is -2.19. The monoisotopic (exact) mass is 248 g/mol. The lowest BCUT2D eigenvalue weighted by molar-refractivity contribution is 0.0738. The summed E-state index contributed by atoms with van der Waals surface area (Å²) in [5.41, 5.74) is -1.69. The molecule has 0 radical (unpaired) electrons. The average molecular weight is 248 g/mol. The second kappa shape index (κ2) is 3.71. The van der Waals surface area contributed by atoms with Crippen LogP contribution in [0.3, 0.4) is 0 Å². The molecule has 2 N–H and O–H groups in total. The molecule has 0 aromatic heterocycles. The molecule has 0 atom stereocenters. The fourth-order valence-corrected chi connectivity index (χ4v) is 2.25. The van der Waals surface area contributed by atoms with E-state index >= 15 is 0 Å².